The van der Waals surface area contributed by atoms with Gasteiger partial charge in [-0.3, -0.25) is 0 Å². The Morgan fingerprint density at radius 3 is 2.28 bits per heavy atom. The Morgan fingerprint density at radius 2 is 1.61 bits per heavy atom. The molecule has 0 amide bonds. The molecular formula is C15H12O3. The summed E-state index contributed by atoms with van der Waals surface area (Å²) in [5.41, 5.74) is 0.193. The fourth-order valence-corrected chi connectivity index (χ4v) is 1.48. The van der Waals surface area contributed by atoms with Crippen LogP contribution in [0.15, 0.2) is 54.6 Å². The highest BCUT2D eigenvalue weighted by molar-refractivity contribution is 5.37. The third-order valence-corrected chi connectivity index (χ3v) is 2.42. The highest BCUT2D eigenvalue weighted by atomic mass is 16.5. The number of hydrogen-bond acceptors (Lipinski definition) is 3. The number of rotatable bonds is 3. The molecule has 0 saturated heterocycles. The minimum absolute atomic E-state index is 0.193. The standard InChI is InChI=1S/C15H12O3/c1-2-15(16,17)12-7-6-10-14(11-12)18-13-8-4-3-5-9-13/h1,3-11,16-17H. The smallest absolute Gasteiger partial charge is 0.256 e. The van der Waals surface area contributed by atoms with Crippen molar-refractivity contribution in [2.24, 2.45) is 0 Å². The van der Waals surface area contributed by atoms with Gasteiger partial charge in [-0.05, 0) is 30.2 Å². The van der Waals surface area contributed by atoms with Gasteiger partial charge in [0.15, 0.2) is 0 Å². The zero-order valence-electron chi connectivity index (χ0n) is 9.58. The van der Waals surface area contributed by atoms with Crippen LogP contribution in [0, 0.1) is 12.3 Å². The van der Waals surface area contributed by atoms with E-state index in [1.165, 1.54) is 12.1 Å². The lowest BCUT2D eigenvalue weighted by molar-refractivity contribution is -0.115. The fourth-order valence-electron chi connectivity index (χ4n) is 1.48. The fraction of sp³-hybridized carbons (Fsp3) is 0.0667. The first kappa shape index (κ1) is 12.2. The monoisotopic (exact) mass is 240 g/mol. The van der Waals surface area contributed by atoms with Crippen LogP contribution < -0.4 is 4.74 Å². The molecule has 0 aromatic heterocycles. The number of ether oxygens (including phenoxy) is 1. The molecule has 0 heterocycles. The molecule has 0 fully saturated rings. The SMILES string of the molecule is C#CC(O)(O)c1cccc(Oc2ccccc2)c1. The maximum absolute atomic E-state index is 9.55. The predicted octanol–water partition coefficient (Wildman–Crippen LogP) is 2.25. The molecular weight excluding hydrogens is 228 g/mol. The number of benzene rings is 2. The largest absolute Gasteiger partial charge is 0.457 e. The zero-order valence-corrected chi connectivity index (χ0v) is 9.58. The average Bonchev–Trinajstić information content (AvgIpc) is 2.40. The van der Waals surface area contributed by atoms with Gasteiger partial charge < -0.3 is 14.9 Å². The van der Waals surface area contributed by atoms with Gasteiger partial charge in [0, 0.05) is 5.56 Å². The second kappa shape index (κ2) is 4.92. The number of terminal acetylenes is 1. The first-order valence-electron chi connectivity index (χ1n) is 5.38. The van der Waals surface area contributed by atoms with Gasteiger partial charge in [-0.15, -0.1) is 6.42 Å². The normalized spacial score (nSPS) is 10.7. The van der Waals surface area contributed by atoms with Gasteiger partial charge in [0.2, 0.25) is 0 Å². The van der Waals surface area contributed by atoms with Crippen LogP contribution in [0.4, 0.5) is 0 Å². The van der Waals surface area contributed by atoms with Crippen molar-refractivity contribution in [3.8, 4) is 23.8 Å². The molecule has 0 aliphatic heterocycles. The molecule has 0 bridgehead atoms. The molecule has 3 heteroatoms. The van der Waals surface area contributed by atoms with Crippen LogP contribution in [0.3, 0.4) is 0 Å². The van der Waals surface area contributed by atoms with E-state index in [0.717, 1.165) is 0 Å². The third kappa shape index (κ3) is 2.69. The molecule has 0 aliphatic rings. The number of para-hydroxylation sites is 1. The van der Waals surface area contributed by atoms with Gasteiger partial charge in [0.25, 0.3) is 5.79 Å². The molecule has 0 aliphatic carbocycles. The Balaban J connectivity index is 2.27. The molecule has 3 nitrogen and oxygen atoms in total. The van der Waals surface area contributed by atoms with Crippen LogP contribution in [0.1, 0.15) is 5.56 Å². The minimum atomic E-state index is -2.28. The van der Waals surface area contributed by atoms with Crippen molar-refractivity contribution in [2.75, 3.05) is 0 Å². The van der Waals surface area contributed by atoms with Gasteiger partial charge >= 0.3 is 0 Å². The summed E-state index contributed by atoms with van der Waals surface area (Å²) >= 11 is 0. The van der Waals surface area contributed by atoms with Crippen LogP contribution in [0.25, 0.3) is 0 Å². The van der Waals surface area contributed by atoms with Crippen molar-refractivity contribution in [2.45, 2.75) is 5.79 Å². The van der Waals surface area contributed by atoms with Crippen LogP contribution in [-0.4, -0.2) is 10.2 Å². The number of hydrogen-bond donors (Lipinski definition) is 2. The quantitative estimate of drug-likeness (QED) is 0.639. The van der Waals surface area contributed by atoms with Crippen LogP contribution in [0.5, 0.6) is 11.5 Å². The maximum Gasteiger partial charge on any atom is 0.256 e. The second-order valence-corrected chi connectivity index (χ2v) is 3.76. The van der Waals surface area contributed by atoms with Gasteiger partial charge in [-0.2, -0.15) is 0 Å². The van der Waals surface area contributed by atoms with E-state index in [2.05, 4.69) is 0 Å². The lowest BCUT2D eigenvalue weighted by Crippen LogP contribution is -2.21. The summed E-state index contributed by atoms with van der Waals surface area (Å²) in [6, 6.07) is 15.6. The molecule has 0 saturated carbocycles. The lowest BCUT2D eigenvalue weighted by atomic mass is 10.1. The molecule has 2 aromatic carbocycles. The Labute approximate surface area is 105 Å². The van der Waals surface area contributed by atoms with E-state index in [9.17, 15) is 10.2 Å². The first-order chi connectivity index (χ1) is 8.62. The van der Waals surface area contributed by atoms with Gasteiger partial charge in [0.1, 0.15) is 11.5 Å². The van der Waals surface area contributed by atoms with Crippen molar-refractivity contribution in [1.29, 1.82) is 0 Å². The second-order valence-electron chi connectivity index (χ2n) is 3.76. The van der Waals surface area contributed by atoms with E-state index in [1.54, 1.807) is 24.3 Å². The topological polar surface area (TPSA) is 49.7 Å². The van der Waals surface area contributed by atoms with Crippen LogP contribution in [0.2, 0.25) is 0 Å². The summed E-state index contributed by atoms with van der Waals surface area (Å²) in [5.74, 6) is 0.774. The van der Waals surface area contributed by atoms with E-state index < -0.39 is 5.79 Å². The predicted molar refractivity (Wildman–Crippen MR) is 67.9 cm³/mol. The van der Waals surface area contributed by atoms with Gasteiger partial charge in [0.05, 0.1) is 0 Å². The van der Waals surface area contributed by atoms with Gasteiger partial charge in [-0.1, -0.05) is 30.3 Å². The van der Waals surface area contributed by atoms with E-state index in [-0.39, 0.29) is 5.56 Å². The number of aliphatic hydroxyl groups is 2. The highest BCUT2D eigenvalue weighted by Gasteiger charge is 2.22. The third-order valence-electron chi connectivity index (χ3n) is 2.42. The van der Waals surface area contributed by atoms with E-state index in [1.807, 2.05) is 24.1 Å². The van der Waals surface area contributed by atoms with Crippen molar-refractivity contribution < 1.29 is 14.9 Å². The Morgan fingerprint density at radius 1 is 0.944 bits per heavy atom. The summed E-state index contributed by atoms with van der Waals surface area (Å²) in [4.78, 5) is 0. The summed E-state index contributed by atoms with van der Waals surface area (Å²) < 4.78 is 5.57. The molecule has 2 N–H and O–H groups in total. The Hall–Kier alpha value is -2.28. The van der Waals surface area contributed by atoms with Crippen LogP contribution in [-0.2, 0) is 5.79 Å². The molecule has 18 heavy (non-hydrogen) atoms. The minimum Gasteiger partial charge on any atom is -0.457 e. The maximum atomic E-state index is 9.55. The summed E-state index contributed by atoms with van der Waals surface area (Å²) in [5, 5.41) is 19.1. The molecule has 0 unspecified atom stereocenters. The molecule has 2 rings (SSSR count). The van der Waals surface area contributed by atoms with E-state index in [0.29, 0.717) is 11.5 Å². The molecule has 90 valence electrons. The molecule has 0 radical (unpaired) electrons. The summed E-state index contributed by atoms with van der Waals surface area (Å²) in [6.07, 6.45) is 5.05. The van der Waals surface area contributed by atoms with Crippen LogP contribution >= 0.6 is 0 Å². The highest BCUT2D eigenvalue weighted by Crippen LogP contribution is 2.25. The Bertz CT molecular complexity index is 568. The van der Waals surface area contributed by atoms with Crippen molar-refractivity contribution in [1.82, 2.24) is 0 Å². The van der Waals surface area contributed by atoms with E-state index in [4.69, 9.17) is 11.2 Å². The van der Waals surface area contributed by atoms with Gasteiger partial charge in [-0.25, -0.2) is 0 Å². The average molecular weight is 240 g/mol. The zero-order chi connectivity index (χ0) is 13.0. The lowest BCUT2D eigenvalue weighted by Gasteiger charge is -2.16. The molecule has 2 aromatic rings. The first-order valence-corrected chi connectivity index (χ1v) is 5.38. The van der Waals surface area contributed by atoms with E-state index >= 15 is 0 Å². The summed E-state index contributed by atoms with van der Waals surface area (Å²) in [7, 11) is 0. The Kier molecular flexibility index (Phi) is 3.33. The van der Waals surface area contributed by atoms with Crippen molar-refractivity contribution in [3.05, 3.63) is 60.2 Å². The molecule has 0 spiro atoms. The van der Waals surface area contributed by atoms with Crippen molar-refractivity contribution >= 4 is 0 Å². The summed E-state index contributed by atoms with van der Waals surface area (Å²) in [6.45, 7) is 0. The molecule has 0 atom stereocenters. The van der Waals surface area contributed by atoms with Crippen molar-refractivity contribution in [3.63, 3.8) is 0 Å².